The van der Waals surface area contributed by atoms with Crippen molar-refractivity contribution >= 4 is 72.7 Å². The van der Waals surface area contributed by atoms with Crippen LogP contribution in [0.3, 0.4) is 0 Å². The average Bonchev–Trinajstić information content (AvgIpc) is 3.81. The third kappa shape index (κ3) is 7.56. The van der Waals surface area contributed by atoms with Gasteiger partial charge in [0.25, 0.3) is 5.13 Å². The molecule has 0 spiro atoms. The molecule has 0 N–H and O–H groups in total. The molecule has 2 aromatic heterocycles. The van der Waals surface area contributed by atoms with Crippen molar-refractivity contribution in [1.82, 2.24) is 10.2 Å². The van der Waals surface area contributed by atoms with Crippen LogP contribution in [0.5, 0.6) is 0 Å². The molecular weight excluding hydrogens is 575 g/mol. The lowest BCUT2D eigenvalue weighted by Gasteiger charge is -2.13. The minimum absolute atomic E-state index is 0.497. The van der Waals surface area contributed by atoms with Crippen LogP contribution >= 0.6 is 22.7 Å². The molecule has 6 rings (SSSR count). The van der Waals surface area contributed by atoms with Crippen LogP contribution in [0.4, 0.5) is 37.9 Å². The Bertz CT molecular complexity index is 1810. The van der Waals surface area contributed by atoms with Crippen LogP contribution in [-0.4, -0.2) is 23.3 Å². The molecule has 3 heterocycles. The molecule has 1 aliphatic heterocycles. The summed E-state index contributed by atoms with van der Waals surface area (Å²) >= 11 is 3.06. The maximum Gasteiger partial charge on any atom is 0.252 e. The van der Waals surface area contributed by atoms with Gasteiger partial charge in [-0.2, -0.15) is 10.2 Å². The van der Waals surface area contributed by atoms with Gasteiger partial charge in [0.2, 0.25) is 0 Å². The Morgan fingerprint density at radius 1 is 0.651 bits per heavy atom. The van der Waals surface area contributed by atoms with E-state index in [1.54, 1.807) is 11.3 Å². The van der Waals surface area contributed by atoms with Crippen LogP contribution in [0.15, 0.2) is 110 Å². The van der Waals surface area contributed by atoms with Gasteiger partial charge < -0.3 is 4.90 Å². The molecule has 0 bridgehead atoms. The zero-order valence-corrected chi connectivity index (χ0v) is 25.5. The van der Waals surface area contributed by atoms with Crippen molar-refractivity contribution in [1.29, 1.82) is 0 Å². The summed E-state index contributed by atoms with van der Waals surface area (Å²) in [6.45, 7) is 6.21. The average molecular weight is 604 g/mol. The topological polar surface area (TPSA) is 103 Å². The summed E-state index contributed by atoms with van der Waals surface area (Å²) in [6, 6.07) is 25.7. The molecule has 3 aromatic carbocycles. The number of azo groups is 3. The third-order valence-electron chi connectivity index (χ3n) is 6.78. The van der Waals surface area contributed by atoms with Crippen molar-refractivity contribution in [3.05, 3.63) is 101 Å². The Balaban J connectivity index is 1.06. The van der Waals surface area contributed by atoms with E-state index in [1.165, 1.54) is 29.2 Å². The molecule has 0 aliphatic carbocycles. The zero-order chi connectivity index (χ0) is 29.4. The van der Waals surface area contributed by atoms with E-state index in [-0.39, 0.29) is 0 Å². The Hall–Kier alpha value is -4.74. The molecule has 214 valence electrons. The normalized spacial score (nSPS) is 14.0. The second-order valence-electron chi connectivity index (χ2n) is 10.0. The van der Waals surface area contributed by atoms with Crippen LogP contribution in [0.1, 0.15) is 34.5 Å². The van der Waals surface area contributed by atoms with E-state index >= 15 is 0 Å². The Morgan fingerprint density at radius 3 is 2.02 bits per heavy atom. The first-order valence-corrected chi connectivity index (χ1v) is 15.6. The fourth-order valence-electron chi connectivity index (χ4n) is 4.49. The number of anilines is 1. The van der Waals surface area contributed by atoms with Gasteiger partial charge in [-0.25, -0.2) is 0 Å². The maximum atomic E-state index is 4.46. The van der Waals surface area contributed by atoms with Crippen LogP contribution in [0.25, 0.3) is 12.2 Å². The van der Waals surface area contributed by atoms with Crippen molar-refractivity contribution in [2.24, 2.45) is 30.7 Å². The van der Waals surface area contributed by atoms with Gasteiger partial charge >= 0.3 is 0 Å². The smallest absolute Gasteiger partial charge is 0.252 e. The minimum Gasteiger partial charge on any atom is -0.363 e. The molecule has 0 saturated carbocycles. The highest BCUT2D eigenvalue weighted by Crippen LogP contribution is 2.35. The first kappa shape index (κ1) is 28.4. The lowest BCUT2D eigenvalue weighted by Crippen LogP contribution is -2.15. The van der Waals surface area contributed by atoms with E-state index in [4.69, 9.17) is 0 Å². The molecule has 0 unspecified atom stereocenters. The molecule has 1 fully saturated rings. The van der Waals surface area contributed by atoms with E-state index in [0.717, 1.165) is 62.5 Å². The molecule has 43 heavy (non-hydrogen) atoms. The van der Waals surface area contributed by atoms with Crippen molar-refractivity contribution in [2.75, 3.05) is 18.0 Å². The van der Waals surface area contributed by atoms with Gasteiger partial charge in [0.15, 0.2) is 0 Å². The number of rotatable bonds is 9. The van der Waals surface area contributed by atoms with Gasteiger partial charge in [0, 0.05) is 13.1 Å². The highest BCUT2D eigenvalue weighted by molar-refractivity contribution is 7.19. The van der Waals surface area contributed by atoms with E-state index in [1.807, 2.05) is 98.8 Å². The van der Waals surface area contributed by atoms with Gasteiger partial charge in [0.05, 0.1) is 27.8 Å². The second kappa shape index (κ2) is 13.5. The third-order valence-corrected chi connectivity index (χ3v) is 8.59. The molecule has 11 heteroatoms. The van der Waals surface area contributed by atoms with E-state index in [2.05, 4.69) is 51.8 Å². The summed E-state index contributed by atoms with van der Waals surface area (Å²) in [4.78, 5) is 2.41. The molecule has 0 radical (unpaired) electrons. The number of aromatic nitrogens is 2. The fourth-order valence-corrected chi connectivity index (χ4v) is 5.94. The quantitative estimate of drug-likeness (QED) is 0.156. The second-order valence-corrected chi connectivity index (χ2v) is 12.0. The number of hydrogen-bond acceptors (Lipinski definition) is 11. The lowest BCUT2D eigenvalue weighted by molar-refractivity contribution is 0.949. The standard InChI is InChI=1S/C32H29N9S2/c1-22-21-26(34-37-29-16-17-31(42-29)41-18-6-7-19-41)12-13-27(22)35-33-25-11-14-28(23(2)20-25)36-39-32-40-38-30(43-32)15-10-24-8-4-3-5-9-24/h3-5,8-17,20-21H,6-7,18-19H2,1-2H3/b15-10+,35-33?,37-34?,39-36?. The number of benzene rings is 3. The van der Waals surface area contributed by atoms with Gasteiger partial charge in [-0.15, -0.1) is 30.7 Å². The van der Waals surface area contributed by atoms with Crippen molar-refractivity contribution in [2.45, 2.75) is 26.7 Å². The van der Waals surface area contributed by atoms with Crippen LogP contribution in [-0.2, 0) is 0 Å². The highest BCUT2D eigenvalue weighted by atomic mass is 32.1. The number of nitrogens with zero attached hydrogens (tertiary/aromatic N) is 9. The monoisotopic (exact) mass is 603 g/mol. The van der Waals surface area contributed by atoms with Crippen LogP contribution in [0.2, 0.25) is 0 Å². The SMILES string of the molecule is Cc1cc(N=Nc2ccc(N3CCCC3)s2)ccc1N=Nc1ccc(N=Nc2nnc(/C=C/c3ccccc3)s2)c(C)c1. The number of aryl methyl sites for hydroxylation is 2. The van der Waals surface area contributed by atoms with E-state index < -0.39 is 0 Å². The van der Waals surface area contributed by atoms with Gasteiger partial charge in [0.1, 0.15) is 10.0 Å². The fraction of sp³-hybridized carbons (Fsp3) is 0.188. The van der Waals surface area contributed by atoms with Gasteiger partial charge in [-0.3, -0.25) is 0 Å². The molecule has 0 atom stereocenters. The summed E-state index contributed by atoms with van der Waals surface area (Å²) in [6.07, 6.45) is 6.44. The summed E-state index contributed by atoms with van der Waals surface area (Å²) in [5.74, 6) is 0. The summed E-state index contributed by atoms with van der Waals surface area (Å²) in [7, 11) is 0. The highest BCUT2D eigenvalue weighted by Gasteiger charge is 2.14. The number of thiophene rings is 1. The van der Waals surface area contributed by atoms with Gasteiger partial charge in [-0.05, 0) is 98.0 Å². The van der Waals surface area contributed by atoms with E-state index in [9.17, 15) is 0 Å². The van der Waals surface area contributed by atoms with Crippen molar-refractivity contribution in [3.8, 4) is 0 Å². The molecule has 1 aliphatic rings. The van der Waals surface area contributed by atoms with Gasteiger partial charge in [-0.1, -0.05) is 59.1 Å². The Labute approximate surface area is 258 Å². The minimum atomic E-state index is 0.497. The first-order chi connectivity index (χ1) is 21.1. The van der Waals surface area contributed by atoms with Crippen LogP contribution < -0.4 is 4.90 Å². The van der Waals surface area contributed by atoms with Crippen LogP contribution in [0, 0.1) is 13.8 Å². The largest absolute Gasteiger partial charge is 0.363 e. The summed E-state index contributed by atoms with van der Waals surface area (Å²) < 4.78 is 0. The maximum absolute atomic E-state index is 4.46. The predicted molar refractivity (Wildman–Crippen MR) is 176 cm³/mol. The molecule has 5 aromatic rings. The first-order valence-electron chi connectivity index (χ1n) is 14.0. The van der Waals surface area contributed by atoms with Crippen molar-refractivity contribution < 1.29 is 0 Å². The number of hydrogen-bond donors (Lipinski definition) is 0. The molecule has 0 amide bonds. The van der Waals surface area contributed by atoms with Crippen molar-refractivity contribution in [3.63, 3.8) is 0 Å². The zero-order valence-electron chi connectivity index (χ0n) is 23.8. The summed E-state index contributed by atoms with van der Waals surface area (Å²) in [5.41, 5.74) is 6.04. The molecule has 9 nitrogen and oxygen atoms in total. The lowest BCUT2D eigenvalue weighted by atomic mass is 10.2. The predicted octanol–water partition coefficient (Wildman–Crippen LogP) is 11.2. The molecular formula is C32H29N9S2. The molecule has 1 saturated heterocycles. The Morgan fingerprint density at radius 2 is 1.33 bits per heavy atom. The Kier molecular flexibility index (Phi) is 8.90. The summed E-state index contributed by atoms with van der Waals surface area (Å²) in [5, 5.41) is 38.2. The van der Waals surface area contributed by atoms with E-state index in [0.29, 0.717) is 5.13 Å².